The van der Waals surface area contributed by atoms with E-state index in [4.69, 9.17) is 0 Å². The summed E-state index contributed by atoms with van der Waals surface area (Å²) in [6.45, 7) is 2.45. The highest BCUT2D eigenvalue weighted by Gasteiger charge is 2.38. The van der Waals surface area contributed by atoms with E-state index in [0.29, 0.717) is 44.4 Å². The van der Waals surface area contributed by atoms with Gasteiger partial charge in [0.2, 0.25) is 5.91 Å². The number of likely N-dealkylation sites (tertiary alicyclic amines) is 2. The van der Waals surface area contributed by atoms with Gasteiger partial charge in [-0.25, -0.2) is 0 Å². The molecule has 0 atom stereocenters. The van der Waals surface area contributed by atoms with E-state index in [2.05, 4.69) is 4.90 Å². The van der Waals surface area contributed by atoms with Gasteiger partial charge in [0.05, 0.1) is 11.1 Å². The minimum absolute atomic E-state index is 0.0246. The number of nitrogens with zero attached hydrogens (tertiary/aromatic N) is 3. The SMILES string of the molecule is CN(Cc1ccccc1)C(=O)C1CCN(C2CCN(C(=O)c3cc(C(F)(F)F)cc(C(F)(F)F)c3)CC2)CC1. The van der Waals surface area contributed by atoms with E-state index in [0.717, 1.165) is 18.7 Å². The molecule has 0 N–H and O–H groups in total. The number of benzene rings is 2. The minimum Gasteiger partial charge on any atom is -0.341 e. The van der Waals surface area contributed by atoms with Crippen LogP contribution in [0.2, 0.25) is 0 Å². The van der Waals surface area contributed by atoms with Crippen molar-refractivity contribution < 1.29 is 35.9 Å². The van der Waals surface area contributed by atoms with Crippen LogP contribution < -0.4 is 0 Å². The van der Waals surface area contributed by atoms with Crippen LogP contribution >= 0.6 is 0 Å². The Balaban J connectivity index is 1.31. The van der Waals surface area contributed by atoms with Crippen LogP contribution in [-0.4, -0.2) is 65.8 Å². The second-order valence-corrected chi connectivity index (χ2v) is 10.3. The van der Waals surface area contributed by atoms with Gasteiger partial charge in [-0.2, -0.15) is 26.3 Å². The summed E-state index contributed by atoms with van der Waals surface area (Å²) in [5.41, 5.74) is -2.55. The molecule has 0 saturated carbocycles. The summed E-state index contributed by atoms with van der Waals surface area (Å²) in [7, 11) is 1.80. The molecular formula is C28H31F6N3O2. The van der Waals surface area contributed by atoms with Crippen LogP contribution in [-0.2, 0) is 23.7 Å². The van der Waals surface area contributed by atoms with Gasteiger partial charge in [-0.15, -0.1) is 0 Å². The number of rotatable bonds is 5. The van der Waals surface area contributed by atoms with E-state index in [1.807, 2.05) is 30.3 Å². The van der Waals surface area contributed by atoms with Crippen molar-refractivity contribution in [1.82, 2.24) is 14.7 Å². The lowest BCUT2D eigenvalue weighted by molar-refractivity contribution is -0.143. The summed E-state index contributed by atoms with van der Waals surface area (Å²) in [6, 6.07) is 10.9. The smallest absolute Gasteiger partial charge is 0.341 e. The molecule has 11 heteroatoms. The fourth-order valence-electron chi connectivity index (χ4n) is 5.45. The summed E-state index contributed by atoms with van der Waals surface area (Å²) in [5, 5.41) is 0. The first-order chi connectivity index (χ1) is 18.3. The number of halogens is 6. The van der Waals surface area contributed by atoms with Crippen LogP contribution in [0.3, 0.4) is 0 Å². The van der Waals surface area contributed by atoms with Crippen molar-refractivity contribution in [3.05, 3.63) is 70.8 Å². The Morgan fingerprint density at radius 3 is 1.87 bits per heavy atom. The number of carbonyl (C=O) groups is 2. The Morgan fingerprint density at radius 2 is 1.36 bits per heavy atom. The summed E-state index contributed by atoms with van der Waals surface area (Å²) < 4.78 is 79.2. The van der Waals surface area contributed by atoms with Crippen LogP contribution in [0.25, 0.3) is 0 Å². The van der Waals surface area contributed by atoms with Gasteiger partial charge in [-0.05, 0) is 62.5 Å². The van der Waals surface area contributed by atoms with Gasteiger partial charge < -0.3 is 14.7 Å². The van der Waals surface area contributed by atoms with E-state index in [9.17, 15) is 35.9 Å². The molecule has 0 bridgehead atoms. The summed E-state index contributed by atoms with van der Waals surface area (Å²) >= 11 is 0. The lowest BCUT2D eigenvalue weighted by Gasteiger charge is -2.42. The van der Waals surface area contributed by atoms with Crippen molar-refractivity contribution in [2.75, 3.05) is 33.2 Å². The maximum atomic E-state index is 13.2. The lowest BCUT2D eigenvalue weighted by atomic mass is 9.92. The molecule has 0 aliphatic carbocycles. The molecule has 39 heavy (non-hydrogen) atoms. The van der Waals surface area contributed by atoms with Crippen LogP contribution in [0.5, 0.6) is 0 Å². The van der Waals surface area contributed by atoms with Gasteiger partial charge in [-0.1, -0.05) is 30.3 Å². The maximum absolute atomic E-state index is 13.2. The van der Waals surface area contributed by atoms with E-state index in [1.165, 1.54) is 4.90 Å². The fraction of sp³-hybridized carbons (Fsp3) is 0.500. The normalized spacial score (nSPS) is 18.3. The summed E-state index contributed by atoms with van der Waals surface area (Å²) in [4.78, 5) is 31.2. The van der Waals surface area contributed by atoms with Gasteiger partial charge in [0.25, 0.3) is 5.91 Å². The third-order valence-corrected chi connectivity index (χ3v) is 7.62. The largest absolute Gasteiger partial charge is 0.416 e. The average Bonchev–Trinajstić information content (AvgIpc) is 2.92. The van der Waals surface area contributed by atoms with Crippen molar-refractivity contribution in [2.24, 2.45) is 5.92 Å². The van der Waals surface area contributed by atoms with E-state index in [-0.39, 0.29) is 37.0 Å². The van der Waals surface area contributed by atoms with Crippen molar-refractivity contribution in [3.8, 4) is 0 Å². The van der Waals surface area contributed by atoms with Gasteiger partial charge in [-0.3, -0.25) is 9.59 Å². The predicted molar refractivity (Wildman–Crippen MR) is 133 cm³/mol. The predicted octanol–water partition coefficient (Wildman–Crippen LogP) is 5.70. The standard InChI is InChI=1S/C28H31F6N3O2/c1-35(18-19-5-3-2-4-6-19)25(38)20-7-11-36(12-8-20)24-9-13-37(14-10-24)26(39)21-15-22(27(29,30)31)17-23(16-21)28(32,33)34/h2-6,15-17,20,24H,7-14,18H2,1H3. The van der Waals surface area contributed by atoms with E-state index < -0.39 is 35.0 Å². The average molecular weight is 556 g/mol. The van der Waals surface area contributed by atoms with E-state index in [1.54, 1.807) is 11.9 Å². The second-order valence-electron chi connectivity index (χ2n) is 10.3. The fourth-order valence-corrected chi connectivity index (χ4v) is 5.45. The zero-order chi connectivity index (χ0) is 28.4. The van der Waals surface area contributed by atoms with Crippen LogP contribution in [0, 0.1) is 5.92 Å². The summed E-state index contributed by atoms with van der Waals surface area (Å²) in [6.07, 6.45) is -7.48. The van der Waals surface area contributed by atoms with Crippen molar-refractivity contribution in [2.45, 2.75) is 50.6 Å². The monoisotopic (exact) mass is 555 g/mol. The Bertz CT molecular complexity index is 1120. The number of alkyl halides is 6. The van der Waals surface area contributed by atoms with Crippen molar-refractivity contribution in [3.63, 3.8) is 0 Å². The molecular weight excluding hydrogens is 524 g/mol. The van der Waals surface area contributed by atoms with Gasteiger partial charge >= 0.3 is 12.4 Å². The molecule has 2 aromatic rings. The Morgan fingerprint density at radius 1 is 0.821 bits per heavy atom. The third-order valence-electron chi connectivity index (χ3n) is 7.62. The highest BCUT2D eigenvalue weighted by molar-refractivity contribution is 5.94. The number of carbonyl (C=O) groups excluding carboxylic acids is 2. The number of hydrogen-bond acceptors (Lipinski definition) is 3. The third kappa shape index (κ3) is 7.12. The maximum Gasteiger partial charge on any atom is 0.416 e. The quantitative estimate of drug-likeness (QED) is 0.445. The minimum atomic E-state index is -5.01. The van der Waals surface area contributed by atoms with Crippen LogP contribution in [0.4, 0.5) is 26.3 Å². The topological polar surface area (TPSA) is 43.9 Å². The first kappa shape index (κ1) is 28.9. The van der Waals surface area contributed by atoms with Crippen LogP contribution in [0.1, 0.15) is 52.7 Å². The van der Waals surface area contributed by atoms with Crippen molar-refractivity contribution >= 4 is 11.8 Å². The van der Waals surface area contributed by atoms with E-state index >= 15 is 0 Å². The second kappa shape index (κ2) is 11.6. The molecule has 4 rings (SSSR count). The Hall–Kier alpha value is -3.08. The Labute approximate surface area is 223 Å². The molecule has 212 valence electrons. The summed E-state index contributed by atoms with van der Waals surface area (Å²) in [5.74, 6) is -0.797. The lowest BCUT2D eigenvalue weighted by Crippen LogP contribution is -2.50. The van der Waals surface area contributed by atoms with Gasteiger partial charge in [0.1, 0.15) is 0 Å². The zero-order valence-corrected chi connectivity index (χ0v) is 21.6. The molecule has 0 spiro atoms. The van der Waals surface area contributed by atoms with Crippen LogP contribution in [0.15, 0.2) is 48.5 Å². The molecule has 5 nitrogen and oxygen atoms in total. The first-order valence-corrected chi connectivity index (χ1v) is 12.9. The van der Waals surface area contributed by atoms with Crippen molar-refractivity contribution in [1.29, 1.82) is 0 Å². The molecule has 2 heterocycles. The van der Waals surface area contributed by atoms with Gasteiger partial charge in [0.15, 0.2) is 0 Å². The molecule has 0 aromatic heterocycles. The zero-order valence-electron chi connectivity index (χ0n) is 21.6. The first-order valence-electron chi connectivity index (χ1n) is 12.9. The number of hydrogen-bond donors (Lipinski definition) is 0. The highest BCUT2D eigenvalue weighted by atomic mass is 19.4. The molecule has 2 saturated heterocycles. The Kier molecular flexibility index (Phi) is 8.58. The highest BCUT2D eigenvalue weighted by Crippen LogP contribution is 2.37. The molecule has 2 aliphatic heterocycles. The molecule has 2 amide bonds. The molecule has 2 fully saturated rings. The molecule has 2 aromatic carbocycles. The van der Waals surface area contributed by atoms with Gasteiger partial charge in [0, 0.05) is 44.2 Å². The molecule has 2 aliphatic rings. The number of amides is 2. The molecule has 0 unspecified atom stereocenters. The number of piperidine rings is 2. The molecule has 0 radical (unpaired) electrons.